The van der Waals surface area contributed by atoms with Crippen LogP contribution in [0, 0.1) is 5.92 Å². The van der Waals surface area contributed by atoms with E-state index in [0.717, 1.165) is 12.2 Å². The minimum atomic E-state index is -0.780. The number of carboxylic acid groups (broad SMARTS) is 1. The highest BCUT2D eigenvalue weighted by Gasteiger charge is 2.31. The third-order valence-corrected chi connectivity index (χ3v) is 3.35. The molecule has 0 spiro atoms. The molecule has 2 rings (SSSR count). The number of carbonyl (C=O) groups is 2. The van der Waals surface area contributed by atoms with E-state index in [4.69, 9.17) is 9.52 Å². The van der Waals surface area contributed by atoms with Gasteiger partial charge in [0.2, 0.25) is 0 Å². The number of nitrogens with one attached hydrogen (secondary N) is 1. The van der Waals surface area contributed by atoms with Gasteiger partial charge in [-0.15, -0.1) is 0 Å². The second-order valence-electron chi connectivity index (χ2n) is 4.64. The summed E-state index contributed by atoms with van der Waals surface area (Å²) < 4.78 is 5.35. The Morgan fingerprint density at radius 1 is 1.44 bits per heavy atom. The van der Waals surface area contributed by atoms with Crippen LogP contribution in [0.3, 0.4) is 0 Å². The standard InChI is InChI=1S/C13H17NO4/c1-2-10-5-6-11(18-10)12(15)14-9-4-3-8(7-9)13(16)17/h5-6,8-9H,2-4,7H2,1H3,(H,14,15)(H,16,17)/t8-,9-/m0/s1. The molecule has 1 heterocycles. The number of hydrogen-bond donors (Lipinski definition) is 2. The first-order chi connectivity index (χ1) is 8.60. The van der Waals surface area contributed by atoms with Crippen LogP contribution in [0.1, 0.15) is 42.5 Å². The van der Waals surface area contributed by atoms with Crippen molar-refractivity contribution in [1.29, 1.82) is 0 Å². The molecule has 1 aliphatic carbocycles. The highest BCUT2D eigenvalue weighted by molar-refractivity contribution is 5.91. The normalized spacial score (nSPS) is 22.9. The highest BCUT2D eigenvalue weighted by atomic mass is 16.4. The first-order valence-corrected chi connectivity index (χ1v) is 6.22. The summed E-state index contributed by atoms with van der Waals surface area (Å²) >= 11 is 0. The van der Waals surface area contributed by atoms with Crippen molar-refractivity contribution in [3.8, 4) is 0 Å². The number of amides is 1. The molecule has 0 radical (unpaired) electrons. The van der Waals surface area contributed by atoms with Crippen molar-refractivity contribution in [2.45, 2.75) is 38.6 Å². The van der Waals surface area contributed by atoms with Gasteiger partial charge in [-0.05, 0) is 31.4 Å². The van der Waals surface area contributed by atoms with Gasteiger partial charge in [0.25, 0.3) is 5.91 Å². The Morgan fingerprint density at radius 3 is 2.78 bits per heavy atom. The van der Waals surface area contributed by atoms with Crippen molar-refractivity contribution >= 4 is 11.9 Å². The van der Waals surface area contributed by atoms with Gasteiger partial charge in [0.15, 0.2) is 5.76 Å². The number of rotatable bonds is 4. The van der Waals surface area contributed by atoms with Crippen LogP contribution in [0.2, 0.25) is 0 Å². The predicted molar refractivity (Wildman–Crippen MR) is 64.3 cm³/mol. The Morgan fingerprint density at radius 2 is 2.22 bits per heavy atom. The quantitative estimate of drug-likeness (QED) is 0.855. The van der Waals surface area contributed by atoms with Crippen molar-refractivity contribution in [3.63, 3.8) is 0 Å². The molecule has 0 bridgehead atoms. The largest absolute Gasteiger partial charge is 0.481 e. The van der Waals surface area contributed by atoms with E-state index >= 15 is 0 Å². The summed E-state index contributed by atoms with van der Waals surface area (Å²) in [5.74, 6) is -0.303. The van der Waals surface area contributed by atoms with Gasteiger partial charge in [-0.3, -0.25) is 9.59 Å². The monoisotopic (exact) mass is 251 g/mol. The van der Waals surface area contributed by atoms with Gasteiger partial charge < -0.3 is 14.8 Å². The summed E-state index contributed by atoms with van der Waals surface area (Å²) in [4.78, 5) is 22.7. The summed E-state index contributed by atoms with van der Waals surface area (Å²) in [6.45, 7) is 1.95. The van der Waals surface area contributed by atoms with Crippen LogP contribution < -0.4 is 5.32 Å². The van der Waals surface area contributed by atoms with Gasteiger partial charge in [-0.1, -0.05) is 6.92 Å². The average Bonchev–Trinajstić information content (AvgIpc) is 2.96. The smallest absolute Gasteiger partial charge is 0.306 e. The lowest BCUT2D eigenvalue weighted by Crippen LogP contribution is -2.33. The van der Waals surface area contributed by atoms with Crippen molar-refractivity contribution in [3.05, 3.63) is 23.7 Å². The van der Waals surface area contributed by atoms with Gasteiger partial charge in [0, 0.05) is 12.5 Å². The number of hydrogen-bond acceptors (Lipinski definition) is 3. The second kappa shape index (κ2) is 5.25. The van der Waals surface area contributed by atoms with Crippen molar-refractivity contribution in [1.82, 2.24) is 5.32 Å². The number of furan rings is 1. The van der Waals surface area contributed by atoms with E-state index in [1.807, 2.05) is 6.92 Å². The molecule has 0 aromatic carbocycles. The van der Waals surface area contributed by atoms with Gasteiger partial charge in [0.1, 0.15) is 5.76 Å². The van der Waals surface area contributed by atoms with Crippen LogP contribution in [0.5, 0.6) is 0 Å². The highest BCUT2D eigenvalue weighted by Crippen LogP contribution is 2.26. The maximum atomic E-state index is 11.9. The Kier molecular flexibility index (Phi) is 3.69. The fourth-order valence-corrected chi connectivity index (χ4v) is 2.28. The van der Waals surface area contributed by atoms with Gasteiger partial charge in [-0.25, -0.2) is 0 Å². The number of aliphatic carboxylic acids is 1. The second-order valence-corrected chi connectivity index (χ2v) is 4.64. The summed E-state index contributed by atoms with van der Waals surface area (Å²) in [5.41, 5.74) is 0. The van der Waals surface area contributed by atoms with E-state index in [0.29, 0.717) is 25.0 Å². The molecule has 5 heteroatoms. The average molecular weight is 251 g/mol. The van der Waals surface area contributed by atoms with E-state index in [1.165, 1.54) is 0 Å². The van der Waals surface area contributed by atoms with E-state index in [-0.39, 0.29) is 17.9 Å². The van der Waals surface area contributed by atoms with Crippen LogP contribution in [0.15, 0.2) is 16.5 Å². The molecule has 1 saturated carbocycles. The van der Waals surface area contributed by atoms with Crippen LogP contribution in [-0.2, 0) is 11.2 Å². The molecule has 1 aliphatic rings. The predicted octanol–water partition coefficient (Wildman–Crippen LogP) is 1.83. The van der Waals surface area contributed by atoms with E-state index < -0.39 is 5.97 Å². The Labute approximate surface area is 105 Å². The molecule has 1 aromatic rings. The minimum Gasteiger partial charge on any atom is -0.481 e. The van der Waals surface area contributed by atoms with E-state index in [9.17, 15) is 9.59 Å². The van der Waals surface area contributed by atoms with Gasteiger partial charge >= 0.3 is 5.97 Å². The molecule has 98 valence electrons. The number of carbonyl (C=O) groups excluding carboxylic acids is 1. The van der Waals surface area contributed by atoms with Crippen LogP contribution >= 0.6 is 0 Å². The molecule has 18 heavy (non-hydrogen) atoms. The van der Waals surface area contributed by atoms with Crippen LogP contribution in [0.4, 0.5) is 0 Å². The zero-order valence-electron chi connectivity index (χ0n) is 10.3. The number of carboxylic acids is 1. The Balaban J connectivity index is 1.90. The molecule has 5 nitrogen and oxygen atoms in total. The van der Waals surface area contributed by atoms with Gasteiger partial charge in [0.05, 0.1) is 5.92 Å². The molecule has 0 saturated heterocycles. The Bertz CT molecular complexity index is 452. The fraction of sp³-hybridized carbons (Fsp3) is 0.538. The molecule has 2 N–H and O–H groups in total. The lowest BCUT2D eigenvalue weighted by atomic mass is 10.1. The van der Waals surface area contributed by atoms with Crippen LogP contribution in [0.25, 0.3) is 0 Å². The molecule has 0 unspecified atom stereocenters. The van der Waals surface area contributed by atoms with E-state index in [2.05, 4.69) is 5.32 Å². The molecular weight excluding hydrogens is 234 g/mol. The topological polar surface area (TPSA) is 79.5 Å². The molecule has 0 aliphatic heterocycles. The minimum absolute atomic E-state index is 0.0613. The lowest BCUT2D eigenvalue weighted by Gasteiger charge is -2.10. The summed E-state index contributed by atoms with van der Waals surface area (Å²) in [7, 11) is 0. The first kappa shape index (κ1) is 12.7. The first-order valence-electron chi connectivity index (χ1n) is 6.22. The molecule has 1 aromatic heterocycles. The molecule has 2 atom stereocenters. The Hall–Kier alpha value is -1.78. The van der Waals surface area contributed by atoms with Crippen LogP contribution in [-0.4, -0.2) is 23.0 Å². The van der Waals surface area contributed by atoms with Crippen molar-refractivity contribution < 1.29 is 19.1 Å². The van der Waals surface area contributed by atoms with Crippen molar-refractivity contribution in [2.24, 2.45) is 5.92 Å². The summed E-state index contributed by atoms with van der Waals surface area (Å²) in [5, 5.41) is 11.7. The molecular formula is C13H17NO4. The summed E-state index contributed by atoms with van der Waals surface area (Å²) in [6, 6.07) is 3.37. The SMILES string of the molecule is CCc1ccc(C(=O)N[C@H]2CC[C@H](C(=O)O)C2)o1. The van der Waals surface area contributed by atoms with Crippen molar-refractivity contribution in [2.75, 3.05) is 0 Å². The number of aryl methyl sites for hydroxylation is 1. The molecule has 1 amide bonds. The fourth-order valence-electron chi connectivity index (χ4n) is 2.28. The zero-order valence-corrected chi connectivity index (χ0v) is 10.3. The molecule has 1 fully saturated rings. The summed E-state index contributed by atoms with van der Waals surface area (Å²) in [6.07, 6.45) is 2.59. The maximum Gasteiger partial charge on any atom is 0.306 e. The van der Waals surface area contributed by atoms with E-state index in [1.54, 1.807) is 12.1 Å². The van der Waals surface area contributed by atoms with Gasteiger partial charge in [-0.2, -0.15) is 0 Å². The third kappa shape index (κ3) is 2.72. The maximum absolute atomic E-state index is 11.9. The third-order valence-electron chi connectivity index (χ3n) is 3.35. The lowest BCUT2D eigenvalue weighted by molar-refractivity contribution is -0.141. The zero-order chi connectivity index (χ0) is 13.1.